The second-order valence-corrected chi connectivity index (χ2v) is 8.57. The molecule has 31 heavy (non-hydrogen) atoms. The zero-order chi connectivity index (χ0) is 21.5. The number of ether oxygens (including phenoxy) is 2. The Morgan fingerprint density at radius 1 is 1.13 bits per heavy atom. The first-order valence-electron chi connectivity index (χ1n) is 10.1. The SMILES string of the molecule is COc1cc2c(cc1OC)[C@@H](c1cccs1)N(C(=O)c1cn3c(C)cccc3n1)CC2. The van der Waals surface area contributed by atoms with Gasteiger partial charge in [-0.3, -0.25) is 4.79 Å². The number of hydrogen-bond acceptors (Lipinski definition) is 5. The van der Waals surface area contributed by atoms with E-state index in [2.05, 4.69) is 11.1 Å². The van der Waals surface area contributed by atoms with Gasteiger partial charge in [0.15, 0.2) is 11.5 Å². The van der Waals surface area contributed by atoms with E-state index in [0.717, 1.165) is 28.2 Å². The van der Waals surface area contributed by atoms with Crippen molar-refractivity contribution in [2.24, 2.45) is 0 Å². The first kappa shape index (κ1) is 19.6. The van der Waals surface area contributed by atoms with Crippen molar-refractivity contribution in [2.45, 2.75) is 19.4 Å². The Labute approximate surface area is 184 Å². The van der Waals surface area contributed by atoms with Gasteiger partial charge < -0.3 is 18.8 Å². The number of carbonyl (C=O) groups excluding carboxylic acids is 1. The van der Waals surface area contributed by atoms with E-state index in [1.807, 2.05) is 64.2 Å². The van der Waals surface area contributed by atoms with E-state index in [1.165, 1.54) is 5.56 Å². The normalized spacial score (nSPS) is 15.7. The first-order chi connectivity index (χ1) is 15.1. The van der Waals surface area contributed by atoms with Crippen molar-refractivity contribution in [1.29, 1.82) is 0 Å². The number of rotatable bonds is 4. The molecule has 0 aliphatic carbocycles. The van der Waals surface area contributed by atoms with Crippen LogP contribution in [0.3, 0.4) is 0 Å². The molecule has 5 rings (SSSR count). The zero-order valence-electron chi connectivity index (χ0n) is 17.7. The molecule has 1 aliphatic rings. The van der Waals surface area contributed by atoms with Gasteiger partial charge >= 0.3 is 0 Å². The Morgan fingerprint density at radius 3 is 2.65 bits per heavy atom. The van der Waals surface area contributed by atoms with Crippen LogP contribution in [0.15, 0.2) is 54.0 Å². The third kappa shape index (κ3) is 3.25. The molecule has 7 heteroatoms. The van der Waals surface area contributed by atoms with Gasteiger partial charge in [-0.15, -0.1) is 11.3 Å². The lowest BCUT2D eigenvalue weighted by atomic mass is 9.90. The van der Waals surface area contributed by atoms with E-state index in [9.17, 15) is 4.79 Å². The number of hydrogen-bond donors (Lipinski definition) is 0. The van der Waals surface area contributed by atoms with Crippen LogP contribution >= 0.6 is 11.3 Å². The topological polar surface area (TPSA) is 56.1 Å². The highest BCUT2D eigenvalue weighted by Crippen LogP contribution is 2.42. The van der Waals surface area contributed by atoms with Crippen molar-refractivity contribution >= 4 is 22.9 Å². The number of nitrogens with zero attached hydrogens (tertiary/aromatic N) is 3. The van der Waals surface area contributed by atoms with Crippen LogP contribution in [0.1, 0.15) is 38.2 Å². The summed E-state index contributed by atoms with van der Waals surface area (Å²) in [5, 5.41) is 2.04. The fourth-order valence-electron chi connectivity index (χ4n) is 4.32. The maximum Gasteiger partial charge on any atom is 0.274 e. The molecule has 0 saturated heterocycles. The van der Waals surface area contributed by atoms with Gasteiger partial charge in [0.05, 0.1) is 20.3 Å². The third-order valence-electron chi connectivity index (χ3n) is 5.86. The van der Waals surface area contributed by atoms with E-state index >= 15 is 0 Å². The van der Waals surface area contributed by atoms with Crippen LogP contribution in [0.4, 0.5) is 0 Å². The van der Waals surface area contributed by atoms with Crippen molar-refractivity contribution in [3.8, 4) is 11.5 Å². The summed E-state index contributed by atoms with van der Waals surface area (Å²) in [4.78, 5) is 21.3. The highest BCUT2D eigenvalue weighted by molar-refractivity contribution is 7.10. The molecule has 1 atom stereocenters. The summed E-state index contributed by atoms with van der Waals surface area (Å²) in [6.07, 6.45) is 2.58. The number of imidazole rings is 1. The zero-order valence-corrected chi connectivity index (χ0v) is 18.5. The number of aryl methyl sites for hydroxylation is 1. The van der Waals surface area contributed by atoms with Crippen LogP contribution in [0.25, 0.3) is 5.65 Å². The molecule has 0 fully saturated rings. The summed E-state index contributed by atoms with van der Waals surface area (Å²) in [6, 6.07) is 13.8. The van der Waals surface area contributed by atoms with Gasteiger partial charge in [0.2, 0.25) is 0 Å². The van der Waals surface area contributed by atoms with E-state index in [0.29, 0.717) is 23.7 Å². The predicted molar refractivity (Wildman–Crippen MR) is 120 cm³/mol. The van der Waals surface area contributed by atoms with Crippen LogP contribution in [-0.2, 0) is 6.42 Å². The highest BCUT2D eigenvalue weighted by atomic mass is 32.1. The molecule has 6 nitrogen and oxygen atoms in total. The fourth-order valence-corrected chi connectivity index (χ4v) is 5.17. The van der Waals surface area contributed by atoms with Gasteiger partial charge in [-0.25, -0.2) is 4.98 Å². The Kier molecular flexibility index (Phi) is 4.90. The van der Waals surface area contributed by atoms with Gasteiger partial charge in [0.1, 0.15) is 11.3 Å². The van der Waals surface area contributed by atoms with E-state index in [1.54, 1.807) is 25.6 Å². The lowest BCUT2D eigenvalue weighted by molar-refractivity contribution is 0.0691. The van der Waals surface area contributed by atoms with E-state index in [-0.39, 0.29) is 11.9 Å². The number of fused-ring (bicyclic) bond motifs is 2. The number of aromatic nitrogens is 2. The smallest absolute Gasteiger partial charge is 0.274 e. The van der Waals surface area contributed by atoms with Gasteiger partial charge in [0.25, 0.3) is 5.91 Å². The van der Waals surface area contributed by atoms with Crippen molar-refractivity contribution in [3.63, 3.8) is 0 Å². The van der Waals surface area contributed by atoms with Crippen LogP contribution in [-0.4, -0.2) is 41.0 Å². The van der Waals surface area contributed by atoms with E-state index < -0.39 is 0 Å². The molecular weight excluding hydrogens is 410 g/mol. The fraction of sp³-hybridized carbons (Fsp3) is 0.250. The maximum atomic E-state index is 13.7. The third-order valence-corrected chi connectivity index (χ3v) is 6.79. The summed E-state index contributed by atoms with van der Waals surface area (Å²) in [5.41, 5.74) is 4.52. The number of benzene rings is 1. The second kappa shape index (κ2) is 7.74. The molecule has 0 unspecified atom stereocenters. The van der Waals surface area contributed by atoms with Crippen LogP contribution in [0.2, 0.25) is 0 Å². The molecule has 3 aromatic heterocycles. The Morgan fingerprint density at radius 2 is 1.94 bits per heavy atom. The van der Waals surface area contributed by atoms with Crippen molar-refractivity contribution in [1.82, 2.24) is 14.3 Å². The van der Waals surface area contributed by atoms with E-state index in [4.69, 9.17) is 9.47 Å². The average molecular weight is 434 g/mol. The monoisotopic (exact) mass is 433 g/mol. The summed E-state index contributed by atoms with van der Waals surface area (Å²) in [5.74, 6) is 1.31. The minimum absolute atomic E-state index is 0.0677. The number of amides is 1. The van der Waals surface area contributed by atoms with Gasteiger partial charge in [-0.05, 0) is 60.2 Å². The van der Waals surface area contributed by atoms with Gasteiger partial charge in [-0.2, -0.15) is 0 Å². The Hall–Kier alpha value is -3.32. The highest BCUT2D eigenvalue weighted by Gasteiger charge is 2.35. The van der Waals surface area contributed by atoms with Crippen molar-refractivity contribution < 1.29 is 14.3 Å². The molecule has 0 N–H and O–H groups in total. The quantitative estimate of drug-likeness (QED) is 0.475. The predicted octanol–water partition coefficient (Wildman–Crippen LogP) is 4.51. The average Bonchev–Trinajstić information content (AvgIpc) is 3.47. The summed E-state index contributed by atoms with van der Waals surface area (Å²) in [6.45, 7) is 2.62. The van der Waals surface area contributed by atoms with Crippen molar-refractivity contribution in [2.75, 3.05) is 20.8 Å². The molecule has 158 valence electrons. The summed E-state index contributed by atoms with van der Waals surface area (Å²) < 4.78 is 13.0. The molecule has 0 saturated carbocycles. The number of pyridine rings is 1. The first-order valence-corrected chi connectivity index (χ1v) is 11.0. The number of carbonyl (C=O) groups is 1. The lowest BCUT2D eigenvalue weighted by Crippen LogP contribution is -2.40. The van der Waals surface area contributed by atoms with Crippen LogP contribution in [0.5, 0.6) is 11.5 Å². The van der Waals surface area contributed by atoms with Gasteiger partial charge in [0, 0.05) is 23.3 Å². The lowest BCUT2D eigenvalue weighted by Gasteiger charge is -2.37. The second-order valence-electron chi connectivity index (χ2n) is 7.59. The summed E-state index contributed by atoms with van der Waals surface area (Å²) >= 11 is 1.65. The van der Waals surface area contributed by atoms with Gasteiger partial charge in [-0.1, -0.05) is 12.1 Å². The minimum atomic E-state index is -0.193. The van der Waals surface area contributed by atoms with Crippen LogP contribution in [0, 0.1) is 6.92 Å². The molecular formula is C24H23N3O3S. The number of methoxy groups -OCH3 is 2. The van der Waals surface area contributed by atoms with Crippen LogP contribution < -0.4 is 9.47 Å². The Balaban J connectivity index is 1.61. The minimum Gasteiger partial charge on any atom is -0.493 e. The number of thiophene rings is 1. The largest absolute Gasteiger partial charge is 0.493 e. The molecule has 1 aromatic carbocycles. The molecule has 4 heterocycles. The molecule has 0 radical (unpaired) electrons. The molecule has 1 amide bonds. The van der Waals surface area contributed by atoms with Crippen molar-refractivity contribution in [3.05, 3.63) is 81.4 Å². The molecule has 0 spiro atoms. The molecule has 1 aliphatic heterocycles. The molecule has 0 bridgehead atoms. The molecule has 4 aromatic rings. The summed E-state index contributed by atoms with van der Waals surface area (Å²) in [7, 11) is 3.28. The Bertz CT molecular complexity index is 1260. The maximum absolute atomic E-state index is 13.7. The standard InChI is InChI=1S/C24H23N3O3S/c1-15-6-4-8-22-25-18(14-27(15)22)24(28)26-10-9-16-12-19(29-2)20(30-3)13-17(16)23(26)21-7-5-11-31-21/h4-8,11-14,23H,9-10H2,1-3H3/t23-/m0/s1.